The van der Waals surface area contributed by atoms with Gasteiger partial charge in [-0.05, 0) is 31.9 Å². The third kappa shape index (κ3) is 3.03. The second kappa shape index (κ2) is 5.83. The summed E-state index contributed by atoms with van der Waals surface area (Å²) in [5, 5.41) is 2.68. The monoisotopic (exact) mass is 274 g/mol. The summed E-state index contributed by atoms with van der Waals surface area (Å²) in [6.07, 6.45) is 3.64. The van der Waals surface area contributed by atoms with Gasteiger partial charge in [0.05, 0.1) is 0 Å². The molecule has 1 amide bonds. The van der Waals surface area contributed by atoms with Gasteiger partial charge in [0.25, 0.3) is 11.5 Å². The first-order valence-electron chi connectivity index (χ1n) is 6.51. The molecule has 0 aliphatic heterocycles. The molecule has 2 rings (SSSR count). The first-order chi connectivity index (χ1) is 9.49. The highest BCUT2D eigenvalue weighted by Crippen LogP contribution is 2.01. The number of amides is 1. The third-order valence-electron chi connectivity index (χ3n) is 2.98. The molecule has 2 heterocycles. The number of nitrogens with one attached hydrogen (secondary N) is 1. The Morgan fingerprint density at radius 1 is 1.50 bits per heavy atom. The number of hydrogen-bond donors (Lipinski definition) is 2. The minimum Gasteiger partial charge on any atom is -0.352 e. The Bertz CT molecular complexity index is 691. The number of rotatable bonds is 4. The smallest absolute Gasteiger partial charge is 0.270 e. The van der Waals surface area contributed by atoms with Crippen molar-refractivity contribution < 1.29 is 4.79 Å². The normalized spacial score (nSPS) is 12.3. The zero-order valence-electron chi connectivity index (χ0n) is 11.6. The number of carbonyl (C=O) groups excluding carboxylic acids is 1. The predicted molar refractivity (Wildman–Crippen MR) is 76.8 cm³/mol. The van der Waals surface area contributed by atoms with Crippen LogP contribution in [0.25, 0.3) is 5.65 Å². The van der Waals surface area contributed by atoms with E-state index in [2.05, 4.69) is 10.3 Å². The van der Waals surface area contributed by atoms with Crippen molar-refractivity contribution in [2.45, 2.75) is 26.3 Å². The maximum atomic E-state index is 12.3. The van der Waals surface area contributed by atoms with Crippen LogP contribution in [0.1, 0.15) is 29.3 Å². The van der Waals surface area contributed by atoms with Crippen LogP contribution in [0.5, 0.6) is 0 Å². The molecule has 0 aliphatic rings. The van der Waals surface area contributed by atoms with Crippen LogP contribution in [0.4, 0.5) is 0 Å². The molecular weight excluding hydrogens is 256 g/mol. The Hall–Kier alpha value is -2.21. The molecule has 0 saturated heterocycles. The quantitative estimate of drug-likeness (QED) is 0.848. The molecule has 20 heavy (non-hydrogen) atoms. The molecule has 0 fully saturated rings. The standard InChI is InChI=1S/C14H18N4O2/c1-9-3-4-12-17-7-11(14(20)18(12)8-9)13(19)16-6-5-10(2)15/h3-4,7-8,10H,5-6,15H2,1-2H3,(H,16,19). The van der Waals surface area contributed by atoms with Crippen molar-refractivity contribution in [3.63, 3.8) is 0 Å². The number of fused-ring (bicyclic) bond motifs is 1. The van der Waals surface area contributed by atoms with E-state index in [1.165, 1.54) is 10.6 Å². The topological polar surface area (TPSA) is 89.5 Å². The van der Waals surface area contributed by atoms with E-state index in [1.807, 2.05) is 19.9 Å². The lowest BCUT2D eigenvalue weighted by Crippen LogP contribution is -2.34. The Morgan fingerprint density at radius 2 is 2.25 bits per heavy atom. The van der Waals surface area contributed by atoms with Gasteiger partial charge in [0.2, 0.25) is 0 Å². The van der Waals surface area contributed by atoms with Gasteiger partial charge in [-0.15, -0.1) is 0 Å². The molecule has 2 aromatic heterocycles. The summed E-state index contributed by atoms with van der Waals surface area (Å²) < 4.78 is 1.38. The van der Waals surface area contributed by atoms with E-state index in [1.54, 1.807) is 12.3 Å². The fourth-order valence-corrected chi connectivity index (χ4v) is 1.85. The number of hydrogen-bond acceptors (Lipinski definition) is 4. The van der Waals surface area contributed by atoms with E-state index in [-0.39, 0.29) is 17.2 Å². The summed E-state index contributed by atoms with van der Waals surface area (Å²) >= 11 is 0. The maximum absolute atomic E-state index is 12.3. The molecule has 3 N–H and O–H groups in total. The second-order valence-electron chi connectivity index (χ2n) is 4.93. The molecular formula is C14H18N4O2. The van der Waals surface area contributed by atoms with Gasteiger partial charge in [-0.1, -0.05) is 6.07 Å². The number of aromatic nitrogens is 2. The molecule has 0 aromatic carbocycles. The van der Waals surface area contributed by atoms with E-state index in [0.717, 1.165) is 5.56 Å². The molecule has 0 saturated carbocycles. The molecule has 1 atom stereocenters. The Balaban J connectivity index is 2.28. The molecule has 0 spiro atoms. The van der Waals surface area contributed by atoms with Gasteiger partial charge in [-0.3, -0.25) is 14.0 Å². The number of pyridine rings is 1. The van der Waals surface area contributed by atoms with E-state index < -0.39 is 5.91 Å². The minimum absolute atomic E-state index is 0.00813. The van der Waals surface area contributed by atoms with Gasteiger partial charge in [-0.2, -0.15) is 0 Å². The molecule has 106 valence electrons. The summed E-state index contributed by atoms with van der Waals surface area (Å²) in [6.45, 7) is 4.18. The van der Waals surface area contributed by atoms with Crippen molar-refractivity contribution in [3.8, 4) is 0 Å². The number of carbonyl (C=O) groups is 1. The van der Waals surface area contributed by atoms with Crippen molar-refractivity contribution >= 4 is 11.6 Å². The Labute approximate surface area is 116 Å². The van der Waals surface area contributed by atoms with Gasteiger partial charge in [0.15, 0.2) is 0 Å². The summed E-state index contributed by atoms with van der Waals surface area (Å²) in [5.41, 5.74) is 6.73. The summed E-state index contributed by atoms with van der Waals surface area (Å²) in [6, 6.07) is 3.62. The highest BCUT2D eigenvalue weighted by atomic mass is 16.2. The van der Waals surface area contributed by atoms with Crippen molar-refractivity contribution in [2.75, 3.05) is 6.54 Å². The van der Waals surface area contributed by atoms with E-state index in [4.69, 9.17) is 5.73 Å². The van der Waals surface area contributed by atoms with Crippen LogP contribution in [0.3, 0.4) is 0 Å². The van der Waals surface area contributed by atoms with Crippen LogP contribution in [0, 0.1) is 6.92 Å². The molecule has 6 heteroatoms. The Morgan fingerprint density at radius 3 is 2.95 bits per heavy atom. The average Bonchev–Trinajstić information content (AvgIpc) is 2.39. The number of nitrogens with zero attached hydrogens (tertiary/aromatic N) is 2. The second-order valence-corrected chi connectivity index (χ2v) is 4.93. The number of nitrogens with two attached hydrogens (primary N) is 1. The van der Waals surface area contributed by atoms with Crippen LogP contribution in [0.2, 0.25) is 0 Å². The van der Waals surface area contributed by atoms with Crippen LogP contribution >= 0.6 is 0 Å². The first kappa shape index (κ1) is 14.2. The highest BCUT2D eigenvalue weighted by Gasteiger charge is 2.12. The van der Waals surface area contributed by atoms with Crippen molar-refractivity contribution in [1.29, 1.82) is 0 Å². The molecule has 2 aromatic rings. The van der Waals surface area contributed by atoms with Gasteiger partial charge in [0.1, 0.15) is 11.2 Å². The zero-order valence-corrected chi connectivity index (χ0v) is 11.6. The summed E-state index contributed by atoms with van der Waals surface area (Å²) in [7, 11) is 0. The number of aryl methyl sites for hydroxylation is 1. The van der Waals surface area contributed by atoms with Crippen LogP contribution in [0.15, 0.2) is 29.3 Å². The zero-order chi connectivity index (χ0) is 14.7. The van der Waals surface area contributed by atoms with Gasteiger partial charge in [0, 0.05) is 25.0 Å². The van der Waals surface area contributed by atoms with Crippen LogP contribution < -0.4 is 16.6 Å². The van der Waals surface area contributed by atoms with E-state index in [9.17, 15) is 9.59 Å². The predicted octanol–water partition coefficient (Wildman–Crippen LogP) is 0.470. The average molecular weight is 274 g/mol. The summed E-state index contributed by atoms with van der Waals surface area (Å²) in [4.78, 5) is 28.4. The SMILES string of the molecule is Cc1ccc2ncc(C(=O)NCCC(C)N)c(=O)n2c1. The van der Waals surface area contributed by atoms with Gasteiger partial charge in [-0.25, -0.2) is 4.98 Å². The first-order valence-corrected chi connectivity index (χ1v) is 6.51. The van der Waals surface area contributed by atoms with Crippen molar-refractivity contribution in [1.82, 2.24) is 14.7 Å². The largest absolute Gasteiger partial charge is 0.352 e. The van der Waals surface area contributed by atoms with Gasteiger partial charge < -0.3 is 11.1 Å². The molecule has 0 radical (unpaired) electrons. The fraction of sp³-hybridized carbons (Fsp3) is 0.357. The molecule has 0 aliphatic carbocycles. The molecule has 0 bridgehead atoms. The maximum Gasteiger partial charge on any atom is 0.270 e. The summed E-state index contributed by atoms with van der Waals surface area (Å²) in [5.74, 6) is -0.418. The van der Waals surface area contributed by atoms with Crippen LogP contribution in [-0.4, -0.2) is 27.9 Å². The third-order valence-corrected chi connectivity index (χ3v) is 2.98. The van der Waals surface area contributed by atoms with E-state index in [0.29, 0.717) is 18.6 Å². The van der Waals surface area contributed by atoms with Gasteiger partial charge >= 0.3 is 0 Å². The Kier molecular flexibility index (Phi) is 4.14. The minimum atomic E-state index is -0.418. The lowest BCUT2D eigenvalue weighted by molar-refractivity contribution is 0.0950. The lowest BCUT2D eigenvalue weighted by Gasteiger charge is -2.08. The molecule has 1 unspecified atom stereocenters. The highest BCUT2D eigenvalue weighted by molar-refractivity contribution is 5.93. The van der Waals surface area contributed by atoms with Crippen LogP contribution in [-0.2, 0) is 0 Å². The van der Waals surface area contributed by atoms with E-state index >= 15 is 0 Å². The van der Waals surface area contributed by atoms with Crippen molar-refractivity contribution in [3.05, 3.63) is 46.0 Å². The van der Waals surface area contributed by atoms with Crippen molar-refractivity contribution in [2.24, 2.45) is 5.73 Å². The lowest BCUT2D eigenvalue weighted by atomic mass is 10.2. The molecule has 6 nitrogen and oxygen atoms in total. The fourth-order valence-electron chi connectivity index (χ4n) is 1.85.